The first-order valence-electron chi connectivity index (χ1n) is 5.21. The van der Waals surface area contributed by atoms with E-state index in [0.717, 1.165) is 12.2 Å². The van der Waals surface area contributed by atoms with E-state index < -0.39 is 0 Å². The number of anilines is 1. The van der Waals surface area contributed by atoms with Crippen molar-refractivity contribution < 1.29 is 4.79 Å². The third-order valence-electron chi connectivity index (χ3n) is 2.10. The molecule has 0 aliphatic heterocycles. The van der Waals surface area contributed by atoms with Crippen LogP contribution in [0.4, 0.5) is 9.93 Å². The molecule has 1 atom stereocenters. The molecule has 2 amide bonds. The molecule has 6 heteroatoms. The van der Waals surface area contributed by atoms with Crippen LogP contribution >= 0.6 is 11.3 Å². The minimum Gasteiger partial charge on any atom is -0.331 e. The molecule has 0 fully saturated rings. The Balaban J connectivity index is 2.61. The molecule has 0 radical (unpaired) electrons. The van der Waals surface area contributed by atoms with Crippen molar-refractivity contribution in [3.05, 3.63) is 11.1 Å². The van der Waals surface area contributed by atoms with Gasteiger partial charge in [-0.15, -0.1) is 11.3 Å². The molecule has 0 saturated carbocycles. The summed E-state index contributed by atoms with van der Waals surface area (Å²) in [6, 6.07) is 0.0586. The summed E-state index contributed by atoms with van der Waals surface area (Å²) in [6.07, 6.45) is 0. The van der Waals surface area contributed by atoms with E-state index in [1.165, 1.54) is 16.2 Å². The predicted octanol–water partition coefficient (Wildman–Crippen LogP) is 1.91. The van der Waals surface area contributed by atoms with Gasteiger partial charge in [0.15, 0.2) is 5.13 Å². The lowest BCUT2D eigenvalue weighted by Gasteiger charge is -2.10. The van der Waals surface area contributed by atoms with E-state index >= 15 is 0 Å². The average Bonchev–Trinajstić information content (AvgIpc) is 2.66. The number of nitrogens with zero attached hydrogens (tertiary/aromatic N) is 2. The van der Waals surface area contributed by atoms with Gasteiger partial charge in [0.25, 0.3) is 0 Å². The number of nitrogens with one attached hydrogen (secondary N) is 2. The van der Waals surface area contributed by atoms with Gasteiger partial charge in [-0.2, -0.15) is 0 Å². The molecule has 0 saturated heterocycles. The van der Waals surface area contributed by atoms with Gasteiger partial charge in [0.1, 0.15) is 0 Å². The fraction of sp³-hybridized carbons (Fsp3) is 0.600. The molecule has 0 aromatic carbocycles. The molecule has 1 unspecified atom stereocenters. The summed E-state index contributed by atoms with van der Waals surface area (Å²) in [5.74, 6) is 0. The number of amides is 2. The van der Waals surface area contributed by atoms with E-state index in [-0.39, 0.29) is 12.1 Å². The first kappa shape index (κ1) is 12.9. The largest absolute Gasteiger partial charge is 0.331 e. The molecule has 0 aliphatic carbocycles. The maximum absolute atomic E-state index is 11.4. The summed E-state index contributed by atoms with van der Waals surface area (Å²) >= 11 is 1.44. The minimum atomic E-state index is -0.156. The van der Waals surface area contributed by atoms with Gasteiger partial charge in [-0.25, -0.2) is 9.78 Å². The Labute approximate surface area is 99.9 Å². The fourth-order valence-corrected chi connectivity index (χ4v) is 1.95. The fourth-order valence-electron chi connectivity index (χ4n) is 1.16. The zero-order valence-corrected chi connectivity index (χ0v) is 10.9. The lowest BCUT2D eigenvalue weighted by atomic mass is 10.3. The smallest absolute Gasteiger partial charge is 0.323 e. The zero-order chi connectivity index (χ0) is 12.1. The van der Waals surface area contributed by atoms with Crippen molar-refractivity contribution in [1.82, 2.24) is 15.2 Å². The number of urea groups is 1. The maximum Gasteiger partial charge on any atom is 0.323 e. The Morgan fingerprint density at radius 1 is 1.62 bits per heavy atom. The van der Waals surface area contributed by atoms with Gasteiger partial charge in [-0.1, -0.05) is 6.92 Å². The second-order valence-corrected chi connectivity index (χ2v) is 4.54. The standard InChI is InChI=1S/C10H18N4OS/c1-5-11-7(2)8-6-16-9(12-8)13-10(15)14(3)4/h6-7,11H,5H2,1-4H3,(H,12,13,15). The molecule has 2 N–H and O–H groups in total. The van der Waals surface area contributed by atoms with Crippen molar-refractivity contribution in [2.24, 2.45) is 0 Å². The number of hydrogen-bond acceptors (Lipinski definition) is 4. The Hall–Kier alpha value is -1.14. The van der Waals surface area contributed by atoms with E-state index in [0.29, 0.717) is 5.13 Å². The van der Waals surface area contributed by atoms with Crippen LogP contribution in [0.3, 0.4) is 0 Å². The number of rotatable bonds is 4. The van der Waals surface area contributed by atoms with Crippen molar-refractivity contribution >= 4 is 22.5 Å². The van der Waals surface area contributed by atoms with Gasteiger partial charge in [0.05, 0.1) is 5.69 Å². The number of hydrogen-bond donors (Lipinski definition) is 2. The van der Waals surface area contributed by atoms with Crippen LogP contribution in [-0.2, 0) is 0 Å². The lowest BCUT2D eigenvalue weighted by Crippen LogP contribution is -2.27. The van der Waals surface area contributed by atoms with Gasteiger partial charge in [-0.3, -0.25) is 5.32 Å². The molecule has 0 bridgehead atoms. The number of aromatic nitrogens is 1. The minimum absolute atomic E-state index is 0.156. The summed E-state index contributed by atoms with van der Waals surface area (Å²) in [5.41, 5.74) is 0.959. The van der Waals surface area contributed by atoms with Gasteiger partial charge in [-0.05, 0) is 13.5 Å². The molecule has 1 aromatic heterocycles. The lowest BCUT2D eigenvalue weighted by molar-refractivity contribution is 0.230. The van der Waals surface area contributed by atoms with E-state index in [1.807, 2.05) is 5.38 Å². The highest BCUT2D eigenvalue weighted by Gasteiger charge is 2.11. The molecule has 90 valence electrons. The van der Waals surface area contributed by atoms with E-state index in [4.69, 9.17) is 0 Å². The molecule has 5 nitrogen and oxygen atoms in total. The molecular weight excluding hydrogens is 224 g/mol. The molecule has 1 rings (SSSR count). The highest BCUT2D eigenvalue weighted by molar-refractivity contribution is 7.13. The number of carbonyl (C=O) groups is 1. The average molecular weight is 242 g/mol. The first-order chi connectivity index (χ1) is 7.54. The van der Waals surface area contributed by atoms with E-state index in [1.54, 1.807) is 14.1 Å². The Morgan fingerprint density at radius 2 is 2.31 bits per heavy atom. The Morgan fingerprint density at radius 3 is 2.88 bits per heavy atom. The third-order valence-corrected chi connectivity index (χ3v) is 2.87. The van der Waals surface area contributed by atoms with Crippen molar-refractivity contribution in [3.63, 3.8) is 0 Å². The van der Waals surface area contributed by atoms with Gasteiger partial charge >= 0.3 is 6.03 Å². The van der Waals surface area contributed by atoms with Gasteiger partial charge in [0, 0.05) is 25.5 Å². The van der Waals surface area contributed by atoms with Crippen LogP contribution in [0, 0.1) is 0 Å². The normalized spacial score (nSPS) is 12.2. The molecule has 0 aliphatic rings. The second kappa shape index (κ2) is 5.81. The van der Waals surface area contributed by atoms with Crippen LogP contribution in [0.15, 0.2) is 5.38 Å². The highest BCUT2D eigenvalue weighted by atomic mass is 32.1. The van der Waals surface area contributed by atoms with Crippen LogP contribution in [0.1, 0.15) is 25.6 Å². The molecular formula is C10H18N4OS. The monoisotopic (exact) mass is 242 g/mol. The van der Waals surface area contributed by atoms with Crippen LogP contribution in [-0.4, -0.2) is 36.6 Å². The van der Waals surface area contributed by atoms with Crippen molar-refractivity contribution in [2.45, 2.75) is 19.9 Å². The molecule has 0 spiro atoms. The van der Waals surface area contributed by atoms with Crippen LogP contribution in [0.5, 0.6) is 0 Å². The summed E-state index contributed by atoms with van der Waals surface area (Å²) in [4.78, 5) is 17.2. The predicted molar refractivity (Wildman–Crippen MR) is 66.9 cm³/mol. The van der Waals surface area contributed by atoms with Crippen molar-refractivity contribution in [1.29, 1.82) is 0 Å². The van der Waals surface area contributed by atoms with Gasteiger partial charge in [0.2, 0.25) is 0 Å². The van der Waals surface area contributed by atoms with Crippen LogP contribution in [0.2, 0.25) is 0 Å². The Kier molecular flexibility index (Phi) is 4.70. The zero-order valence-electron chi connectivity index (χ0n) is 10.1. The highest BCUT2D eigenvalue weighted by Crippen LogP contribution is 2.20. The summed E-state index contributed by atoms with van der Waals surface area (Å²) in [5, 5.41) is 8.59. The number of carbonyl (C=O) groups excluding carboxylic acids is 1. The summed E-state index contributed by atoms with van der Waals surface area (Å²) < 4.78 is 0. The number of thiazole rings is 1. The Bertz CT molecular complexity index is 350. The van der Waals surface area contributed by atoms with Crippen LogP contribution in [0.25, 0.3) is 0 Å². The molecule has 16 heavy (non-hydrogen) atoms. The first-order valence-corrected chi connectivity index (χ1v) is 6.09. The SMILES string of the molecule is CCNC(C)c1csc(NC(=O)N(C)C)n1. The summed E-state index contributed by atoms with van der Waals surface area (Å²) in [7, 11) is 3.40. The second-order valence-electron chi connectivity index (χ2n) is 3.68. The summed E-state index contributed by atoms with van der Waals surface area (Å²) in [6.45, 7) is 5.01. The van der Waals surface area contributed by atoms with Crippen molar-refractivity contribution in [3.8, 4) is 0 Å². The molecule has 1 aromatic rings. The quantitative estimate of drug-likeness (QED) is 0.848. The maximum atomic E-state index is 11.4. The van der Waals surface area contributed by atoms with Crippen LogP contribution < -0.4 is 10.6 Å². The van der Waals surface area contributed by atoms with Gasteiger partial charge < -0.3 is 10.2 Å². The molecule has 1 heterocycles. The van der Waals surface area contributed by atoms with E-state index in [2.05, 4.69) is 29.5 Å². The third kappa shape index (κ3) is 3.46. The van der Waals surface area contributed by atoms with Crippen molar-refractivity contribution in [2.75, 3.05) is 26.0 Å². The topological polar surface area (TPSA) is 57.3 Å². The van der Waals surface area contributed by atoms with E-state index in [9.17, 15) is 4.79 Å².